The van der Waals surface area contributed by atoms with Crippen molar-refractivity contribution < 1.29 is 9.32 Å². The van der Waals surface area contributed by atoms with Gasteiger partial charge in [0.05, 0.1) is 12.5 Å². The molecule has 120 valence electrons. The lowest BCUT2D eigenvalue weighted by atomic mass is 10.1. The maximum absolute atomic E-state index is 12.0. The largest absolute Gasteiger partial charge is 0.339 e. The van der Waals surface area contributed by atoms with Crippen LogP contribution in [0.2, 0.25) is 0 Å². The highest BCUT2D eigenvalue weighted by molar-refractivity contribution is 7.08. The summed E-state index contributed by atoms with van der Waals surface area (Å²) in [5.41, 5.74) is 2.53. The number of amides is 1. The normalized spacial score (nSPS) is 10.3. The quantitative estimate of drug-likeness (QED) is 0.743. The number of carbonyl (C=O) groups is 1. The first-order chi connectivity index (χ1) is 11.7. The van der Waals surface area contributed by atoms with E-state index in [1.807, 2.05) is 29.0 Å². The van der Waals surface area contributed by atoms with Gasteiger partial charge < -0.3 is 9.84 Å². The number of thiophene rings is 1. The van der Waals surface area contributed by atoms with Gasteiger partial charge in [0.15, 0.2) is 0 Å². The number of hydrogen-bond acceptors (Lipinski definition) is 6. The number of aryl methyl sites for hydroxylation is 1. The van der Waals surface area contributed by atoms with Gasteiger partial charge >= 0.3 is 0 Å². The van der Waals surface area contributed by atoms with Gasteiger partial charge in [0, 0.05) is 29.5 Å². The molecule has 3 rings (SSSR count). The second-order valence-corrected chi connectivity index (χ2v) is 5.88. The fourth-order valence-corrected chi connectivity index (χ4v) is 2.74. The third kappa shape index (κ3) is 4.06. The molecule has 0 bridgehead atoms. The zero-order valence-corrected chi connectivity index (χ0v) is 13.5. The molecule has 1 amide bonds. The molecular weight excluding hydrogens is 324 g/mol. The first kappa shape index (κ1) is 15.9. The topological polar surface area (TPSA) is 91.8 Å². The van der Waals surface area contributed by atoms with Crippen LogP contribution in [-0.2, 0) is 17.6 Å². The summed E-state index contributed by atoms with van der Waals surface area (Å²) in [6.45, 7) is 0. The van der Waals surface area contributed by atoms with E-state index in [1.54, 1.807) is 23.5 Å². The number of aromatic nitrogens is 2. The zero-order chi connectivity index (χ0) is 16.8. The number of nitrogens with one attached hydrogen (secondary N) is 1. The molecule has 0 aliphatic heterocycles. The first-order valence-electron chi connectivity index (χ1n) is 7.35. The lowest BCUT2D eigenvalue weighted by molar-refractivity contribution is -0.116. The number of nitrogens with zero attached hydrogens (tertiary/aromatic N) is 3. The standard InChI is InChI=1S/C17H14N4O2S/c18-9-7-12-1-3-14(4-2-12)19-15(22)5-6-16-20-17(21-23-16)13-8-10-24-11-13/h1-4,8,10-11H,5-7H2,(H,19,22). The Morgan fingerprint density at radius 2 is 2.12 bits per heavy atom. The van der Waals surface area contributed by atoms with Crippen LogP contribution in [0.5, 0.6) is 0 Å². The molecule has 2 heterocycles. The predicted molar refractivity (Wildman–Crippen MR) is 90.3 cm³/mol. The molecule has 0 radical (unpaired) electrons. The Labute approximate surface area is 142 Å². The minimum atomic E-state index is -0.127. The van der Waals surface area contributed by atoms with Gasteiger partial charge in [0.25, 0.3) is 0 Å². The highest BCUT2D eigenvalue weighted by atomic mass is 32.1. The smallest absolute Gasteiger partial charge is 0.227 e. The Morgan fingerprint density at radius 3 is 2.83 bits per heavy atom. The summed E-state index contributed by atoms with van der Waals surface area (Å²) in [5.74, 6) is 0.855. The van der Waals surface area contributed by atoms with Crippen LogP contribution in [-0.4, -0.2) is 16.0 Å². The Bertz CT molecular complexity index is 848. The van der Waals surface area contributed by atoms with E-state index in [0.717, 1.165) is 11.1 Å². The SMILES string of the molecule is N#CCc1ccc(NC(=O)CCc2nc(-c3ccsc3)no2)cc1. The molecule has 0 unspecified atom stereocenters. The van der Waals surface area contributed by atoms with E-state index in [-0.39, 0.29) is 12.3 Å². The molecule has 0 spiro atoms. The number of carbonyl (C=O) groups excluding carboxylic acids is 1. The monoisotopic (exact) mass is 338 g/mol. The van der Waals surface area contributed by atoms with Crippen molar-refractivity contribution in [3.8, 4) is 17.5 Å². The molecule has 1 aromatic carbocycles. The van der Waals surface area contributed by atoms with Crippen LogP contribution < -0.4 is 5.32 Å². The fourth-order valence-electron chi connectivity index (χ4n) is 2.11. The van der Waals surface area contributed by atoms with E-state index in [1.165, 1.54) is 0 Å². The maximum Gasteiger partial charge on any atom is 0.227 e. The zero-order valence-electron chi connectivity index (χ0n) is 12.7. The van der Waals surface area contributed by atoms with Crippen LogP contribution >= 0.6 is 11.3 Å². The van der Waals surface area contributed by atoms with Gasteiger partial charge in [0.2, 0.25) is 17.6 Å². The predicted octanol–water partition coefficient (Wildman–Crippen LogP) is 3.44. The second-order valence-electron chi connectivity index (χ2n) is 5.10. The molecule has 0 saturated heterocycles. The molecule has 3 aromatic rings. The van der Waals surface area contributed by atoms with Crippen LogP contribution in [0.15, 0.2) is 45.6 Å². The average molecular weight is 338 g/mol. The van der Waals surface area contributed by atoms with E-state index >= 15 is 0 Å². The van der Waals surface area contributed by atoms with Crippen LogP contribution in [0.25, 0.3) is 11.4 Å². The third-order valence-electron chi connectivity index (χ3n) is 3.33. The van der Waals surface area contributed by atoms with Gasteiger partial charge in [-0.05, 0) is 29.1 Å². The van der Waals surface area contributed by atoms with E-state index in [0.29, 0.717) is 30.2 Å². The summed E-state index contributed by atoms with van der Waals surface area (Å²) in [6, 6.07) is 11.2. The summed E-state index contributed by atoms with van der Waals surface area (Å²) < 4.78 is 5.16. The van der Waals surface area contributed by atoms with Gasteiger partial charge in [0.1, 0.15) is 0 Å². The fraction of sp³-hybridized carbons (Fsp3) is 0.176. The van der Waals surface area contributed by atoms with Crippen molar-refractivity contribution in [3.05, 3.63) is 52.5 Å². The minimum Gasteiger partial charge on any atom is -0.339 e. The van der Waals surface area contributed by atoms with Crippen molar-refractivity contribution in [2.75, 3.05) is 5.32 Å². The van der Waals surface area contributed by atoms with E-state index in [4.69, 9.17) is 9.78 Å². The van der Waals surface area contributed by atoms with Crippen molar-refractivity contribution in [2.45, 2.75) is 19.3 Å². The van der Waals surface area contributed by atoms with Gasteiger partial charge in [-0.3, -0.25) is 4.79 Å². The molecule has 0 atom stereocenters. The highest BCUT2D eigenvalue weighted by Crippen LogP contribution is 2.19. The molecule has 2 aromatic heterocycles. The Morgan fingerprint density at radius 1 is 1.29 bits per heavy atom. The summed E-state index contributed by atoms with van der Waals surface area (Å²) in [5, 5.41) is 19.2. The number of anilines is 1. The molecule has 6 nitrogen and oxygen atoms in total. The molecule has 0 aliphatic rings. The van der Waals surface area contributed by atoms with Crippen LogP contribution in [0.3, 0.4) is 0 Å². The number of rotatable bonds is 6. The second kappa shape index (κ2) is 7.53. The van der Waals surface area contributed by atoms with Crippen LogP contribution in [0, 0.1) is 11.3 Å². The van der Waals surface area contributed by atoms with E-state index < -0.39 is 0 Å². The summed E-state index contributed by atoms with van der Waals surface area (Å²) in [4.78, 5) is 16.3. The van der Waals surface area contributed by atoms with Gasteiger partial charge in [-0.15, -0.1) is 0 Å². The molecule has 0 saturated carbocycles. The molecular formula is C17H14N4O2S. The number of nitriles is 1. The Hall–Kier alpha value is -2.98. The molecule has 0 fully saturated rings. The summed E-state index contributed by atoms with van der Waals surface area (Å²) >= 11 is 1.56. The summed E-state index contributed by atoms with van der Waals surface area (Å²) in [6.07, 6.45) is 0.999. The van der Waals surface area contributed by atoms with Gasteiger partial charge in [-0.2, -0.15) is 21.6 Å². The van der Waals surface area contributed by atoms with E-state index in [9.17, 15) is 4.79 Å². The average Bonchev–Trinajstić information content (AvgIpc) is 3.26. The van der Waals surface area contributed by atoms with Crippen molar-refractivity contribution in [1.82, 2.24) is 10.1 Å². The molecule has 0 aliphatic carbocycles. The number of benzene rings is 1. The van der Waals surface area contributed by atoms with Gasteiger partial charge in [-0.25, -0.2) is 0 Å². The molecule has 7 heteroatoms. The first-order valence-corrected chi connectivity index (χ1v) is 8.30. The molecule has 24 heavy (non-hydrogen) atoms. The van der Waals surface area contributed by atoms with Crippen LogP contribution in [0.4, 0.5) is 5.69 Å². The highest BCUT2D eigenvalue weighted by Gasteiger charge is 2.11. The third-order valence-corrected chi connectivity index (χ3v) is 4.02. The number of hydrogen-bond donors (Lipinski definition) is 1. The Balaban J connectivity index is 1.51. The van der Waals surface area contributed by atoms with Crippen molar-refractivity contribution in [3.63, 3.8) is 0 Å². The maximum atomic E-state index is 12.0. The molecule has 1 N–H and O–H groups in total. The Kier molecular flexibility index (Phi) is 4.99. The lowest BCUT2D eigenvalue weighted by Crippen LogP contribution is -2.12. The minimum absolute atomic E-state index is 0.127. The van der Waals surface area contributed by atoms with Gasteiger partial charge in [-0.1, -0.05) is 17.3 Å². The van der Waals surface area contributed by atoms with Crippen molar-refractivity contribution >= 4 is 22.9 Å². The van der Waals surface area contributed by atoms with Crippen LogP contribution in [0.1, 0.15) is 17.9 Å². The van der Waals surface area contributed by atoms with Crippen molar-refractivity contribution in [1.29, 1.82) is 5.26 Å². The van der Waals surface area contributed by atoms with Crippen molar-refractivity contribution in [2.24, 2.45) is 0 Å². The lowest BCUT2D eigenvalue weighted by Gasteiger charge is -2.04. The summed E-state index contributed by atoms with van der Waals surface area (Å²) in [7, 11) is 0. The van der Waals surface area contributed by atoms with E-state index in [2.05, 4.69) is 21.5 Å².